The lowest BCUT2D eigenvalue weighted by Gasteiger charge is -1.94. The number of fused-ring (bicyclic) bond motifs is 1. The van der Waals surface area contributed by atoms with Gasteiger partial charge in [0.2, 0.25) is 0 Å². The van der Waals surface area contributed by atoms with Gasteiger partial charge in [0.1, 0.15) is 0 Å². The first-order valence-corrected chi connectivity index (χ1v) is 4.82. The average molecular weight is 259 g/mol. The highest BCUT2D eigenvalue weighted by Crippen LogP contribution is 2.27. The normalized spacial score (nSPS) is 10.6. The smallest absolute Gasteiger partial charge is 0.254 e. The van der Waals surface area contributed by atoms with Crippen molar-refractivity contribution in [1.82, 2.24) is 4.98 Å². The van der Waals surface area contributed by atoms with E-state index in [-0.39, 0.29) is 0 Å². The van der Waals surface area contributed by atoms with Gasteiger partial charge in [-0.2, -0.15) is 0 Å². The van der Waals surface area contributed by atoms with Gasteiger partial charge in [0, 0.05) is 21.6 Å². The number of carbonyl (C=O) groups excluding carboxylic acids is 1. The number of aromatic nitrogens is 1. The van der Waals surface area contributed by atoms with Crippen LogP contribution in [0.15, 0.2) is 28.9 Å². The van der Waals surface area contributed by atoms with Crippen LogP contribution in [0, 0.1) is 0 Å². The Morgan fingerprint density at radius 1 is 1.46 bits per heavy atom. The highest BCUT2D eigenvalue weighted by Gasteiger charge is 2.11. The van der Waals surface area contributed by atoms with Crippen molar-refractivity contribution < 1.29 is 4.79 Å². The first-order valence-electron chi connectivity index (χ1n) is 3.65. The Hall–Kier alpha value is -0.800. The van der Waals surface area contributed by atoms with E-state index in [1.54, 1.807) is 6.20 Å². The molecule has 1 heterocycles. The fourth-order valence-corrected chi connectivity index (χ4v) is 2.02. The summed E-state index contributed by atoms with van der Waals surface area (Å²) in [6.07, 6.45) is 1.62. The Kier molecular flexibility index (Phi) is 2.14. The van der Waals surface area contributed by atoms with Crippen LogP contribution in [0.1, 0.15) is 10.4 Å². The van der Waals surface area contributed by atoms with Crippen LogP contribution in [0.3, 0.4) is 0 Å². The lowest BCUT2D eigenvalue weighted by atomic mass is 10.2. The van der Waals surface area contributed by atoms with E-state index in [2.05, 4.69) is 20.9 Å². The monoisotopic (exact) mass is 257 g/mol. The molecule has 0 aliphatic carbocycles. The zero-order valence-electron chi connectivity index (χ0n) is 6.47. The van der Waals surface area contributed by atoms with Gasteiger partial charge in [-0.15, -0.1) is 0 Å². The van der Waals surface area contributed by atoms with Gasteiger partial charge in [0.25, 0.3) is 5.24 Å². The highest BCUT2D eigenvalue weighted by atomic mass is 79.9. The SMILES string of the molecule is O=C(Cl)c1c[nH]c2cccc(Br)c12. The van der Waals surface area contributed by atoms with E-state index in [1.807, 2.05) is 18.2 Å². The highest BCUT2D eigenvalue weighted by molar-refractivity contribution is 9.10. The molecule has 0 atom stereocenters. The number of carbonyl (C=O) groups is 1. The Bertz CT molecular complexity index is 477. The predicted molar refractivity (Wildman–Crippen MR) is 56.2 cm³/mol. The Morgan fingerprint density at radius 3 is 2.92 bits per heavy atom. The minimum Gasteiger partial charge on any atom is -0.360 e. The van der Waals surface area contributed by atoms with Gasteiger partial charge >= 0.3 is 0 Å². The third-order valence-corrected chi connectivity index (χ3v) is 2.73. The van der Waals surface area contributed by atoms with Gasteiger partial charge in [-0.1, -0.05) is 22.0 Å². The van der Waals surface area contributed by atoms with Crippen LogP contribution < -0.4 is 0 Å². The zero-order chi connectivity index (χ0) is 9.42. The third-order valence-electron chi connectivity index (χ3n) is 1.87. The molecule has 0 aliphatic rings. The van der Waals surface area contributed by atoms with E-state index in [9.17, 15) is 4.79 Å². The number of benzene rings is 1. The second kappa shape index (κ2) is 3.16. The van der Waals surface area contributed by atoms with Crippen molar-refractivity contribution in [2.45, 2.75) is 0 Å². The zero-order valence-corrected chi connectivity index (χ0v) is 8.82. The summed E-state index contributed by atoms with van der Waals surface area (Å²) in [6.45, 7) is 0. The predicted octanol–water partition coefficient (Wildman–Crippen LogP) is 3.31. The Balaban J connectivity index is 2.86. The lowest BCUT2D eigenvalue weighted by molar-refractivity contribution is 0.108. The number of H-pyrrole nitrogens is 1. The molecular formula is C9H5BrClNO. The molecule has 1 N–H and O–H groups in total. The molecule has 66 valence electrons. The average Bonchev–Trinajstić information content (AvgIpc) is 2.49. The van der Waals surface area contributed by atoms with Crippen LogP contribution in [0.2, 0.25) is 0 Å². The molecule has 0 amide bonds. The van der Waals surface area contributed by atoms with Crippen LogP contribution in [-0.4, -0.2) is 10.2 Å². The van der Waals surface area contributed by atoms with Crippen LogP contribution in [-0.2, 0) is 0 Å². The third kappa shape index (κ3) is 1.38. The molecule has 2 nitrogen and oxygen atoms in total. The molecule has 0 saturated carbocycles. The number of hydrogen-bond donors (Lipinski definition) is 1. The van der Waals surface area contributed by atoms with Gasteiger partial charge in [-0.3, -0.25) is 4.79 Å². The van der Waals surface area contributed by atoms with E-state index < -0.39 is 5.24 Å². The minimum absolute atomic E-state index is 0.446. The molecule has 0 aliphatic heterocycles. The van der Waals surface area contributed by atoms with E-state index in [1.165, 1.54) is 0 Å². The minimum atomic E-state index is -0.446. The van der Waals surface area contributed by atoms with Gasteiger partial charge in [0.05, 0.1) is 5.56 Å². The van der Waals surface area contributed by atoms with E-state index >= 15 is 0 Å². The van der Waals surface area contributed by atoms with Crippen molar-refractivity contribution in [1.29, 1.82) is 0 Å². The van der Waals surface area contributed by atoms with Crippen LogP contribution >= 0.6 is 27.5 Å². The quantitative estimate of drug-likeness (QED) is 0.782. The molecule has 2 aromatic rings. The maximum atomic E-state index is 11.0. The van der Waals surface area contributed by atoms with Crippen molar-refractivity contribution in [2.24, 2.45) is 0 Å². The molecule has 0 fully saturated rings. The number of halogens is 2. The second-order valence-corrected chi connectivity index (χ2v) is 3.84. The van der Waals surface area contributed by atoms with Crippen LogP contribution in [0.4, 0.5) is 0 Å². The molecule has 0 unspecified atom stereocenters. The number of rotatable bonds is 1. The summed E-state index contributed by atoms with van der Waals surface area (Å²) < 4.78 is 0.871. The summed E-state index contributed by atoms with van der Waals surface area (Å²) in [6, 6.07) is 5.66. The summed E-state index contributed by atoms with van der Waals surface area (Å²) in [4.78, 5) is 14.0. The Labute approximate surface area is 88.0 Å². The fourth-order valence-electron chi connectivity index (χ4n) is 1.30. The Morgan fingerprint density at radius 2 is 2.23 bits per heavy atom. The fraction of sp³-hybridized carbons (Fsp3) is 0. The maximum Gasteiger partial charge on any atom is 0.254 e. The van der Waals surface area contributed by atoms with Gasteiger partial charge in [0.15, 0.2) is 0 Å². The molecule has 0 bridgehead atoms. The summed E-state index contributed by atoms with van der Waals surface area (Å²) in [5, 5.41) is 0.389. The number of hydrogen-bond acceptors (Lipinski definition) is 1. The van der Waals surface area contributed by atoms with Gasteiger partial charge in [-0.05, 0) is 23.7 Å². The molecule has 0 spiro atoms. The summed E-state index contributed by atoms with van der Waals surface area (Å²) in [5.74, 6) is 0. The lowest BCUT2D eigenvalue weighted by Crippen LogP contribution is -1.85. The maximum absolute atomic E-state index is 11.0. The van der Waals surface area contributed by atoms with Crippen LogP contribution in [0.25, 0.3) is 10.9 Å². The van der Waals surface area contributed by atoms with Gasteiger partial charge < -0.3 is 4.98 Å². The van der Waals surface area contributed by atoms with Crippen molar-refractivity contribution in [3.8, 4) is 0 Å². The van der Waals surface area contributed by atoms with Crippen molar-refractivity contribution >= 4 is 43.7 Å². The van der Waals surface area contributed by atoms with Crippen LogP contribution in [0.5, 0.6) is 0 Å². The molecule has 0 radical (unpaired) electrons. The molecule has 1 aromatic carbocycles. The first-order chi connectivity index (χ1) is 6.20. The molecule has 4 heteroatoms. The van der Waals surface area contributed by atoms with E-state index in [0.29, 0.717) is 5.56 Å². The van der Waals surface area contributed by atoms with Crippen molar-refractivity contribution in [2.75, 3.05) is 0 Å². The second-order valence-electron chi connectivity index (χ2n) is 2.64. The largest absolute Gasteiger partial charge is 0.360 e. The molecule has 0 saturated heterocycles. The van der Waals surface area contributed by atoms with Gasteiger partial charge in [-0.25, -0.2) is 0 Å². The molecule has 13 heavy (non-hydrogen) atoms. The van der Waals surface area contributed by atoms with Crippen molar-refractivity contribution in [3.63, 3.8) is 0 Å². The standard InChI is InChI=1S/C9H5BrClNO/c10-6-2-1-3-7-8(6)5(4-12-7)9(11)13/h1-4,12H. The summed E-state index contributed by atoms with van der Waals surface area (Å²) >= 11 is 8.78. The molecule has 1 aromatic heterocycles. The van der Waals surface area contributed by atoms with E-state index in [0.717, 1.165) is 15.4 Å². The first kappa shape index (κ1) is 8.78. The summed E-state index contributed by atoms with van der Waals surface area (Å²) in [5.41, 5.74) is 1.41. The van der Waals surface area contributed by atoms with Crippen molar-refractivity contribution in [3.05, 3.63) is 34.4 Å². The number of aromatic amines is 1. The molecule has 2 rings (SSSR count). The topological polar surface area (TPSA) is 32.9 Å². The van der Waals surface area contributed by atoms with E-state index in [4.69, 9.17) is 11.6 Å². The summed E-state index contributed by atoms with van der Waals surface area (Å²) in [7, 11) is 0. The number of nitrogens with one attached hydrogen (secondary N) is 1. The molecular weight excluding hydrogens is 253 g/mol.